The minimum absolute atomic E-state index is 0.0329. The molecule has 2 aromatic rings. The number of carbonyl (C=O) groups is 1. The van der Waals surface area contributed by atoms with Crippen LogP contribution in [0.15, 0.2) is 48.5 Å². The summed E-state index contributed by atoms with van der Waals surface area (Å²) in [6, 6.07) is 10.0. The van der Waals surface area contributed by atoms with Crippen molar-refractivity contribution in [2.45, 2.75) is 49.4 Å². The molecule has 2 heterocycles. The third-order valence-electron chi connectivity index (χ3n) is 6.33. The zero-order valence-electron chi connectivity index (χ0n) is 18.1. The summed E-state index contributed by atoms with van der Waals surface area (Å²) in [4.78, 5) is 11.8. The van der Waals surface area contributed by atoms with Gasteiger partial charge in [-0.05, 0) is 42.7 Å². The van der Waals surface area contributed by atoms with Crippen molar-refractivity contribution in [1.82, 2.24) is 16.0 Å². The van der Waals surface area contributed by atoms with Crippen LogP contribution in [0, 0.1) is 0 Å². The first-order chi connectivity index (χ1) is 15.9. The highest BCUT2D eigenvalue weighted by molar-refractivity contribution is 5.77. The van der Waals surface area contributed by atoms with Crippen molar-refractivity contribution in [3.63, 3.8) is 0 Å². The largest absolute Gasteiger partial charge is 0.416 e. The molecule has 184 valence electrons. The van der Waals surface area contributed by atoms with E-state index in [0.29, 0.717) is 25.1 Å². The van der Waals surface area contributed by atoms with Crippen LogP contribution in [0.1, 0.15) is 41.7 Å². The van der Waals surface area contributed by atoms with Gasteiger partial charge in [-0.2, -0.15) is 26.3 Å². The summed E-state index contributed by atoms with van der Waals surface area (Å²) < 4.78 is 85.4. The van der Waals surface area contributed by atoms with Crippen molar-refractivity contribution < 1.29 is 35.9 Å². The first kappa shape index (κ1) is 24.3. The number of amides is 2. The average Bonchev–Trinajstić information content (AvgIpc) is 3.15. The van der Waals surface area contributed by atoms with E-state index >= 15 is 0 Å². The van der Waals surface area contributed by atoms with Gasteiger partial charge in [-0.3, -0.25) is 0 Å². The van der Waals surface area contributed by atoms with Crippen LogP contribution in [-0.2, 0) is 22.6 Å². The molecule has 0 spiro atoms. The summed E-state index contributed by atoms with van der Waals surface area (Å²) in [5, 5.41) is 9.04. The van der Waals surface area contributed by atoms with E-state index in [0.717, 1.165) is 5.56 Å². The van der Waals surface area contributed by atoms with Crippen LogP contribution >= 0.6 is 0 Å². The molecule has 2 aliphatic heterocycles. The van der Waals surface area contributed by atoms with Gasteiger partial charge in [0.05, 0.1) is 41.5 Å². The average molecular weight is 487 g/mol. The van der Waals surface area contributed by atoms with Crippen molar-refractivity contribution in [1.29, 1.82) is 0 Å². The monoisotopic (exact) mass is 487 g/mol. The number of fused-ring (bicyclic) bond motifs is 1. The molecule has 2 saturated heterocycles. The first-order valence-corrected chi connectivity index (χ1v) is 10.7. The second kappa shape index (κ2) is 8.77. The smallest absolute Gasteiger partial charge is 0.372 e. The molecule has 4 rings (SSSR count). The molecule has 0 aromatic heterocycles. The number of urea groups is 1. The molecule has 2 fully saturated rings. The maximum Gasteiger partial charge on any atom is 0.416 e. The Morgan fingerprint density at radius 2 is 1.56 bits per heavy atom. The Balaban J connectivity index is 1.61. The van der Waals surface area contributed by atoms with E-state index in [1.54, 1.807) is 0 Å². The molecule has 0 saturated carbocycles. The summed E-state index contributed by atoms with van der Waals surface area (Å²) in [5.41, 5.74) is -2.96. The molecular formula is C23H23F6N3O2. The molecule has 0 radical (unpaired) electrons. The molecule has 4 atom stereocenters. The van der Waals surface area contributed by atoms with E-state index in [1.807, 2.05) is 30.3 Å². The topological polar surface area (TPSA) is 62.4 Å². The number of ether oxygens (including phenoxy) is 1. The fourth-order valence-electron chi connectivity index (χ4n) is 4.47. The number of carbonyl (C=O) groups excluding carboxylic acids is 1. The predicted octanol–water partition coefficient (Wildman–Crippen LogP) is 4.74. The first-order valence-electron chi connectivity index (χ1n) is 10.7. The molecule has 2 aliphatic rings. The quantitative estimate of drug-likeness (QED) is 0.534. The van der Waals surface area contributed by atoms with Crippen LogP contribution < -0.4 is 16.0 Å². The van der Waals surface area contributed by atoms with Crippen molar-refractivity contribution in [2.75, 3.05) is 13.2 Å². The summed E-state index contributed by atoms with van der Waals surface area (Å²) in [6.45, 7) is 1.80. The Hall–Kier alpha value is -2.79. The highest BCUT2D eigenvalue weighted by Gasteiger charge is 2.46. The van der Waals surface area contributed by atoms with Crippen LogP contribution in [0.2, 0.25) is 0 Å². The van der Waals surface area contributed by atoms with Gasteiger partial charge in [0.25, 0.3) is 0 Å². The van der Waals surface area contributed by atoms with E-state index in [-0.39, 0.29) is 36.4 Å². The maximum atomic E-state index is 13.3. The zero-order chi connectivity index (χ0) is 24.7. The Labute approximate surface area is 191 Å². The standard InChI is InChI=1S/C23H23F6N3O2/c1-13(14-7-16(22(24,25)26)9-17(8-14)23(27,28)29)34-12-21(15-5-3-2-4-6-15)10-18-19(11-30-21)32-20(33)31-18/h2-9,13,18-19,30H,10-12H2,1H3,(H2,31,32,33)/t13-,18-,19+,21?/m1/s1. The Morgan fingerprint density at radius 1 is 0.971 bits per heavy atom. The number of hydrogen-bond acceptors (Lipinski definition) is 3. The van der Waals surface area contributed by atoms with Crippen molar-refractivity contribution in [3.05, 3.63) is 70.8 Å². The van der Waals surface area contributed by atoms with E-state index in [1.165, 1.54) is 6.92 Å². The number of hydrogen-bond donors (Lipinski definition) is 3. The third kappa shape index (κ3) is 5.00. The number of rotatable bonds is 5. The summed E-state index contributed by atoms with van der Waals surface area (Å²) in [6.07, 6.45) is -10.5. The Morgan fingerprint density at radius 3 is 2.15 bits per heavy atom. The lowest BCUT2D eigenvalue weighted by atomic mass is 9.79. The lowest BCUT2D eigenvalue weighted by Gasteiger charge is -2.43. The van der Waals surface area contributed by atoms with Crippen LogP contribution in [-0.4, -0.2) is 31.3 Å². The number of alkyl halides is 6. The van der Waals surface area contributed by atoms with E-state index in [4.69, 9.17) is 4.74 Å². The second-order valence-corrected chi connectivity index (χ2v) is 8.66. The fourth-order valence-corrected chi connectivity index (χ4v) is 4.47. The summed E-state index contributed by atoms with van der Waals surface area (Å²) in [5.74, 6) is 0. The minimum atomic E-state index is -4.94. The van der Waals surface area contributed by atoms with Crippen LogP contribution in [0.5, 0.6) is 0 Å². The number of halogens is 6. The van der Waals surface area contributed by atoms with Crippen LogP contribution in [0.3, 0.4) is 0 Å². The lowest BCUT2D eigenvalue weighted by molar-refractivity contribution is -0.143. The summed E-state index contributed by atoms with van der Waals surface area (Å²) >= 11 is 0. The molecular weight excluding hydrogens is 464 g/mol. The van der Waals surface area contributed by atoms with Crippen molar-refractivity contribution in [2.24, 2.45) is 0 Å². The van der Waals surface area contributed by atoms with Gasteiger partial charge in [-0.25, -0.2) is 4.79 Å². The van der Waals surface area contributed by atoms with Gasteiger partial charge in [0.2, 0.25) is 0 Å². The van der Waals surface area contributed by atoms with Gasteiger partial charge < -0.3 is 20.7 Å². The Bertz CT molecular complexity index is 1010. The lowest BCUT2D eigenvalue weighted by Crippen LogP contribution is -2.60. The molecule has 0 aliphatic carbocycles. The third-order valence-corrected chi connectivity index (χ3v) is 6.33. The molecule has 0 bridgehead atoms. The van der Waals surface area contributed by atoms with Gasteiger partial charge in [-0.1, -0.05) is 30.3 Å². The molecule has 2 amide bonds. The van der Waals surface area contributed by atoms with Gasteiger partial charge in [-0.15, -0.1) is 0 Å². The van der Waals surface area contributed by atoms with Crippen molar-refractivity contribution in [3.8, 4) is 0 Å². The SMILES string of the molecule is C[C@@H](OCC1(c2ccccc2)C[C@H]2NC(=O)N[C@H]2CN1)c1cc(C(F)(F)F)cc(C(F)(F)F)c1. The second-order valence-electron chi connectivity index (χ2n) is 8.66. The zero-order valence-corrected chi connectivity index (χ0v) is 18.1. The number of benzene rings is 2. The minimum Gasteiger partial charge on any atom is -0.372 e. The fraction of sp³-hybridized carbons (Fsp3) is 0.435. The maximum absolute atomic E-state index is 13.3. The number of piperidine rings is 1. The van der Waals surface area contributed by atoms with E-state index in [2.05, 4.69) is 16.0 Å². The molecule has 34 heavy (non-hydrogen) atoms. The summed E-state index contributed by atoms with van der Waals surface area (Å²) in [7, 11) is 0. The number of nitrogens with one attached hydrogen (secondary N) is 3. The van der Waals surface area contributed by atoms with Gasteiger partial charge in [0.15, 0.2) is 0 Å². The molecule has 3 N–H and O–H groups in total. The molecule has 5 nitrogen and oxygen atoms in total. The van der Waals surface area contributed by atoms with Crippen LogP contribution in [0.4, 0.5) is 31.1 Å². The predicted molar refractivity (Wildman–Crippen MR) is 111 cm³/mol. The van der Waals surface area contributed by atoms with Crippen LogP contribution in [0.25, 0.3) is 0 Å². The highest BCUT2D eigenvalue weighted by Crippen LogP contribution is 2.39. The highest BCUT2D eigenvalue weighted by atomic mass is 19.4. The van der Waals surface area contributed by atoms with Gasteiger partial charge in [0.1, 0.15) is 0 Å². The molecule has 1 unspecified atom stereocenters. The molecule has 11 heteroatoms. The van der Waals surface area contributed by atoms with Gasteiger partial charge >= 0.3 is 18.4 Å². The van der Waals surface area contributed by atoms with E-state index < -0.39 is 35.1 Å². The van der Waals surface area contributed by atoms with Crippen molar-refractivity contribution >= 4 is 6.03 Å². The Kier molecular flexibility index (Phi) is 6.28. The van der Waals surface area contributed by atoms with E-state index in [9.17, 15) is 31.1 Å². The molecule has 2 aromatic carbocycles. The normalized spacial score (nSPS) is 25.9. The van der Waals surface area contributed by atoms with Gasteiger partial charge in [0, 0.05) is 6.54 Å².